The number of nitrogens with zero attached hydrogens (tertiary/aromatic N) is 3. The second-order valence-electron chi connectivity index (χ2n) is 5.65. The fourth-order valence-corrected chi connectivity index (χ4v) is 4.78. The van der Waals surface area contributed by atoms with Crippen LogP contribution in [0, 0.1) is 6.92 Å². The summed E-state index contributed by atoms with van der Waals surface area (Å²) < 4.78 is 4.63. The summed E-state index contributed by atoms with van der Waals surface area (Å²) in [7, 11) is -0.0956. The molecule has 1 aromatic heterocycles. The summed E-state index contributed by atoms with van der Waals surface area (Å²) in [6.45, 7) is 2.87. The SMILES string of the molecule is Cc1nccn1CC1=CC=S(c2ccccc2)N1c1ccccc1.Cl. The van der Waals surface area contributed by atoms with Crippen molar-refractivity contribution >= 4 is 34.1 Å². The summed E-state index contributed by atoms with van der Waals surface area (Å²) in [5.41, 5.74) is 2.51. The van der Waals surface area contributed by atoms with Crippen LogP contribution in [0.5, 0.6) is 0 Å². The van der Waals surface area contributed by atoms with Gasteiger partial charge in [-0.05, 0) is 42.6 Å². The van der Waals surface area contributed by atoms with Crippen LogP contribution in [-0.4, -0.2) is 14.9 Å². The predicted octanol–water partition coefficient (Wildman–Crippen LogP) is 5.06. The highest BCUT2D eigenvalue weighted by Crippen LogP contribution is 2.41. The van der Waals surface area contributed by atoms with Gasteiger partial charge in [0.25, 0.3) is 0 Å². The Labute approximate surface area is 157 Å². The Hall–Kier alpha value is -2.30. The molecule has 3 aromatic rings. The highest BCUT2D eigenvalue weighted by Gasteiger charge is 2.21. The Bertz CT molecular complexity index is 901. The van der Waals surface area contributed by atoms with E-state index < -0.39 is 0 Å². The van der Waals surface area contributed by atoms with Crippen molar-refractivity contribution in [3.8, 4) is 0 Å². The summed E-state index contributed by atoms with van der Waals surface area (Å²) in [5, 5.41) is 2.31. The normalized spacial score (nSPS) is 16.1. The Morgan fingerprint density at radius 3 is 2.28 bits per heavy atom. The fourth-order valence-electron chi connectivity index (χ4n) is 2.85. The molecule has 1 unspecified atom stereocenters. The Kier molecular flexibility index (Phi) is 5.41. The second kappa shape index (κ2) is 7.72. The van der Waals surface area contributed by atoms with Crippen LogP contribution < -0.4 is 4.31 Å². The molecule has 0 saturated carbocycles. The van der Waals surface area contributed by atoms with Gasteiger partial charge in [0.15, 0.2) is 0 Å². The molecule has 5 heteroatoms. The number of aromatic nitrogens is 2. The zero-order valence-electron chi connectivity index (χ0n) is 13.9. The van der Waals surface area contributed by atoms with Gasteiger partial charge in [-0.2, -0.15) is 0 Å². The van der Waals surface area contributed by atoms with Gasteiger partial charge in [-0.1, -0.05) is 47.1 Å². The lowest BCUT2D eigenvalue weighted by atomic mass is 10.3. The number of imidazole rings is 1. The largest absolute Gasteiger partial charge is 0.329 e. The van der Waals surface area contributed by atoms with E-state index in [0.29, 0.717) is 0 Å². The zero-order valence-corrected chi connectivity index (χ0v) is 15.6. The van der Waals surface area contributed by atoms with Crippen molar-refractivity contribution in [3.05, 3.63) is 90.7 Å². The molecule has 25 heavy (non-hydrogen) atoms. The highest BCUT2D eigenvalue weighted by atomic mass is 35.5. The second-order valence-corrected chi connectivity index (χ2v) is 7.39. The molecule has 1 aliphatic heterocycles. The minimum Gasteiger partial charge on any atom is -0.329 e. The predicted molar refractivity (Wildman–Crippen MR) is 110 cm³/mol. The van der Waals surface area contributed by atoms with Crippen molar-refractivity contribution in [1.82, 2.24) is 9.55 Å². The number of allylic oxidation sites excluding steroid dienone is 2. The molecular weight excluding hydrogens is 350 g/mol. The number of hydrogen-bond acceptors (Lipinski definition) is 2. The van der Waals surface area contributed by atoms with Crippen LogP contribution >= 0.6 is 23.1 Å². The molecule has 3 nitrogen and oxygen atoms in total. The lowest BCUT2D eigenvalue weighted by Crippen LogP contribution is -2.18. The van der Waals surface area contributed by atoms with E-state index in [1.807, 2.05) is 19.3 Å². The van der Waals surface area contributed by atoms with Gasteiger partial charge in [0.2, 0.25) is 0 Å². The lowest BCUT2D eigenvalue weighted by molar-refractivity contribution is 0.745. The standard InChI is InChI=1S/C20H19N3S.ClH/c1-17-21-13-14-22(17)16-19-12-15-24(20-10-6-3-7-11-20)23(19)18-8-4-2-5-9-18;/h2-15H,16H2,1H3;1H. The number of para-hydroxylation sites is 1. The topological polar surface area (TPSA) is 21.1 Å². The zero-order chi connectivity index (χ0) is 16.4. The molecular formula is C20H20ClN3S. The average molecular weight is 370 g/mol. The van der Waals surface area contributed by atoms with Crippen LogP contribution in [0.15, 0.2) is 89.7 Å². The van der Waals surface area contributed by atoms with Crippen molar-refractivity contribution in [1.29, 1.82) is 0 Å². The molecule has 1 atom stereocenters. The molecule has 0 fully saturated rings. The third kappa shape index (κ3) is 3.55. The average Bonchev–Trinajstić information content (AvgIpc) is 3.23. The third-order valence-electron chi connectivity index (χ3n) is 4.08. The van der Waals surface area contributed by atoms with Crippen LogP contribution in [0.2, 0.25) is 0 Å². The quantitative estimate of drug-likeness (QED) is 0.599. The van der Waals surface area contributed by atoms with Gasteiger partial charge in [-0.25, -0.2) is 4.98 Å². The van der Waals surface area contributed by atoms with E-state index in [1.54, 1.807) is 0 Å². The van der Waals surface area contributed by atoms with Crippen molar-refractivity contribution in [3.63, 3.8) is 0 Å². The molecule has 0 aliphatic carbocycles. The summed E-state index contributed by atoms with van der Waals surface area (Å²) in [6, 6.07) is 21.3. The summed E-state index contributed by atoms with van der Waals surface area (Å²) in [6.07, 6.45) is 6.15. The van der Waals surface area contributed by atoms with Crippen molar-refractivity contribution in [2.45, 2.75) is 18.4 Å². The van der Waals surface area contributed by atoms with Crippen LogP contribution in [-0.2, 0) is 6.54 Å². The van der Waals surface area contributed by atoms with Gasteiger partial charge >= 0.3 is 0 Å². The molecule has 4 rings (SSSR count). The minimum absolute atomic E-state index is 0. The number of halogens is 1. The number of rotatable bonds is 4. The van der Waals surface area contributed by atoms with Crippen LogP contribution in [0.25, 0.3) is 0 Å². The van der Waals surface area contributed by atoms with E-state index in [2.05, 4.69) is 86.0 Å². The molecule has 0 spiro atoms. The Balaban J connectivity index is 0.00000182. The smallest absolute Gasteiger partial charge is 0.105 e. The molecule has 2 heterocycles. The Morgan fingerprint density at radius 2 is 1.64 bits per heavy atom. The molecule has 2 aromatic carbocycles. The maximum Gasteiger partial charge on any atom is 0.105 e. The van der Waals surface area contributed by atoms with E-state index >= 15 is 0 Å². The van der Waals surface area contributed by atoms with Gasteiger partial charge in [-0.15, -0.1) is 12.4 Å². The van der Waals surface area contributed by atoms with E-state index in [0.717, 1.165) is 12.4 Å². The highest BCUT2D eigenvalue weighted by molar-refractivity contribution is 8.16. The first-order valence-corrected chi connectivity index (χ1v) is 9.22. The number of hydrogen-bond donors (Lipinski definition) is 0. The maximum absolute atomic E-state index is 4.34. The first-order chi connectivity index (χ1) is 11.8. The Morgan fingerprint density at radius 1 is 0.960 bits per heavy atom. The molecule has 0 bridgehead atoms. The van der Waals surface area contributed by atoms with Crippen molar-refractivity contribution < 1.29 is 0 Å². The molecule has 1 aliphatic rings. The maximum atomic E-state index is 4.34. The van der Waals surface area contributed by atoms with E-state index in [-0.39, 0.29) is 23.1 Å². The fraction of sp³-hybridized carbons (Fsp3) is 0.100. The molecule has 0 amide bonds. The minimum atomic E-state index is -0.0956. The van der Waals surface area contributed by atoms with Gasteiger partial charge in [0, 0.05) is 17.3 Å². The summed E-state index contributed by atoms with van der Waals surface area (Å²) >= 11 is 0. The van der Waals surface area contributed by atoms with Crippen molar-refractivity contribution in [2.75, 3.05) is 4.31 Å². The summed E-state index contributed by atoms with van der Waals surface area (Å²) in [5.74, 6) is 1.04. The molecule has 0 radical (unpaired) electrons. The van der Waals surface area contributed by atoms with Gasteiger partial charge in [0.1, 0.15) is 5.82 Å². The van der Waals surface area contributed by atoms with Crippen molar-refractivity contribution in [2.24, 2.45) is 0 Å². The number of anilines is 1. The molecule has 0 saturated heterocycles. The van der Waals surface area contributed by atoms with E-state index in [4.69, 9.17) is 0 Å². The first-order valence-electron chi connectivity index (χ1n) is 7.98. The van der Waals surface area contributed by atoms with Crippen LogP contribution in [0.3, 0.4) is 0 Å². The monoisotopic (exact) mass is 369 g/mol. The third-order valence-corrected chi connectivity index (χ3v) is 6.07. The first kappa shape index (κ1) is 17.5. The van der Waals surface area contributed by atoms with Crippen LogP contribution in [0.1, 0.15) is 5.82 Å². The van der Waals surface area contributed by atoms with Gasteiger partial charge in [0.05, 0.1) is 17.9 Å². The molecule has 0 N–H and O–H groups in total. The number of aryl methyl sites for hydroxylation is 1. The number of benzene rings is 2. The van der Waals surface area contributed by atoms with Crippen LogP contribution in [0.4, 0.5) is 5.69 Å². The van der Waals surface area contributed by atoms with Gasteiger partial charge < -0.3 is 4.57 Å². The van der Waals surface area contributed by atoms with E-state index in [9.17, 15) is 0 Å². The van der Waals surface area contributed by atoms with E-state index in [1.165, 1.54) is 16.3 Å². The van der Waals surface area contributed by atoms with Gasteiger partial charge in [-0.3, -0.25) is 4.31 Å². The molecule has 128 valence electrons. The summed E-state index contributed by atoms with van der Waals surface area (Å²) in [4.78, 5) is 5.67. The lowest BCUT2D eigenvalue weighted by Gasteiger charge is -2.27.